The Hall–Kier alpha value is -4.00. The van der Waals surface area contributed by atoms with Crippen LogP contribution in [0.25, 0.3) is 0 Å². The van der Waals surface area contributed by atoms with E-state index in [0.717, 1.165) is 6.07 Å². The van der Waals surface area contributed by atoms with Gasteiger partial charge >= 0.3 is 5.63 Å². The predicted octanol–water partition coefficient (Wildman–Crippen LogP) is 2.09. The average molecular weight is 385 g/mol. The van der Waals surface area contributed by atoms with Gasteiger partial charge in [0.1, 0.15) is 23.2 Å². The highest BCUT2D eigenvalue weighted by Gasteiger charge is 2.38. The molecular weight excluding hydrogens is 370 g/mol. The van der Waals surface area contributed by atoms with E-state index < -0.39 is 16.5 Å². The molecule has 1 aromatic heterocycles. The Morgan fingerprint density at radius 3 is 2.46 bits per heavy atom. The fourth-order valence-corrected chi connectivity index (χ4v) is 3.10. The van der Waals surface area contributed by atoms with Gasteiger partial charge in [0.05, 0.1) is 36.7 Å². The number of allylic oxidation sites excluding steroid dienone is 1. The number of nitro benzene ring substituents is 1. The Morgan fingerprint density at radius 2 is 1.89 bits per heavy atom. The smallest absolute Gasteiger partial charge is 0.343 e. The van der Waals surface area contributed by atoms with Crippen LogP contribution in [-0.2, 0) is 0 Å². The first-order valence-corrected chi connectivity index (χ1v) is 7.94. The second-order valence-corrected chi connectivity index (χ2v) is 5.87. The number of hydrogen-bond acceptors (Lipinski definition) is 9. The molecule has 0 amide bonds. The number of nitrogens with two attached hydrogens (primary N) is 1. The third kappa shape index (κ3) is 2.88. The summed E-state index contributed by atoms with van der Waals surface area (Å²) in [5, 5.41) is 21.3. The second kappa shape index (κ2) is 6.96. The Balaban J connectivity index is 2.41. The molecule has 2 N–H and O–H groups in total. The first-order chi connectivity index (χ1) is 13.3. The van der Waals surface area contributed by atoms with Crippen LogP contribution in [0.15, 0.2) is 38.9 Å². The standard InChI is InChI=1S/C18H15N3O7/c1-8-4-14-16(18(22)27-8)15(10(7-19)17(20)28-14)9-5-12(25-2)13(26-3)6-11(9)21(23)24/h4-6,15H,20H2,1-3H3. The van der Waals surface area contributed by atoms with Gasteiger partial charge in [0.25, 0.3) is 5.69 Å². The van der Waals surface area contributed by atoms with Gasteiger partial charge in [-0.15, -0.1) is 0 Å². The molecule has 0 aliphatic carbocycles. The van der Waals surface area contributed by atoms with Crippen LogP contribution in [0.4, 0.5) is 5.69 Å². The molecule has 1 aliphatic heterocycles. The molecule has 2 heterocycles. The summed E-state index contributed by atoms with van der Waals surface area (Å²) in [5.41, 5.74) is 4.49. The normalized spacial score (nSPS) is 15.3. The lowest BCUT2D eigenvalue weighted by atomic mass is 9.83. The number of nitro groups is 1. The topological polar surface area (TPSA) is 151 Å². The number of methoxy groups -OCH3 is 2. The van der Waals surface area contributed by atoms with Crippen LogP contribution in [0, 0.1) is 28.4 Å². The van der Waals surface area contributed by atoms with Crippen LogP contribution in [0.5, 0.6) is 17.2 Å². The van der Waals surface area contributed by atoms with E-state index in [1.54, 1.807) is 6.92 Å². The summed E-state index contributed by atoms with van der Waals surface area (Å²) < 4.78 is 20.9. The fraction of sp³-hybridized carbons (Fsp3) is 0.222. The average Bonchev–Trinajstić information content (AvgIpc) is 2.65. The number of aryl methyl sites for hydroxylation is 1. The second-order valence-electron chi connectivity index (χ2n) is 5.87. The van der Waals surface area contributed by atoms with Gasteiger partial charge in [0, 0.05) is 11.6 Å². The monoisotopic (exact) mass is 385 g/mol. The maximum Gasteiger partial charge on any atom is 0.343 e. The van der Waals surface area contributed by atoms with Crippen molar-refractivity contribution in [1.29, 1.82) is 5.26 Å². The first-order valence-electron chi connectivity index (χ1n) is 7.94. The molecule has 10 nitrogen and oxygen atoms in total. The third-order valence-corrected chi connectivity index (χ3v) is 4.30. The Kier molecular flexibility index (Phi) is 4.67. The summed E-state index contributed by atoms with van der Waals surface area (Å²) in [6, 6.07) is 5.79. The maximum absolute atomic E-state index is 12.6. The lowest BCUT2D eigenvalue weighted by Gasteiger charge is -2.25. The summed E-state index contributed by atoms with van der Waals surface area (Å²) in [5.74, 6) is -0.795. The molecule has 0 spiro atoms. The van der Waals surface area contributed by atoms with E-state index in [9.17, 15) is 20.2 Å². The minimum absolute atomic E-state index is 0.0165. The van der Waals surface area contributed by atoms with Crippen LogP contribution in [0.2, 0.25) is 0 Å². The Bertz CT molecular complexity index is 1110. The van der Waals surface area contributed by atoms with Crippen LogP contribution < -0.4 is 25.6 Å². The summed E-state index contributed by atoms with van der Waals surface area (Å²) >= 11 is 0. The van der Waals surface area contributed by atoms with Gasteiger partial charge in [-0.2, -0.15) is 5.26 Å². The number of benzene rings is 1. The van der Waals surface area contributed by atoms with E-state index in [1.165, 1.54) is 26.4 Å². The molecule has 0 fully saturated rings. The van der Waals surface area contributed by atoms with Crippen molar-refractivity contribution in [3.05, 3.63) is 67.1 Å². The quantitative estimate of drug-likeness (QED) is 0.616. The largest absolute Gasteiger partial charge is 0.493 e. The van der Waals surface area contributed by atoms with E-state index in [-0.39, 0.29) is 51.3 Å². The van der Waals surface area contributed by atoms with Crippen LogP contribution in [0.3, 0.4) is 0 Å². The first kappa shape index (κ1) is 18.8. The Labute approximate surface area is 158 Å². The minimum Gasteiger partial charge on any atom is -0.493 e. The summed E-state index contributed by atoms with van der Waals surface area (Å²) in [4.78, 5) is 23.6. The molecule has 10 heteroatoms. The fourth-order valence-electron chi connectivity index (χ4n) is 3.10. The van der Waals surface area contributed by atoms with E-state index in [1.807, 2.05) is 6.07 Å². The summed E-state index contributed by atoms with van der Waals surface area (Å²) in [7, 11) is 2.69. The number of fused-ring (bicyclic) bond motifs is 1. The van der Waals surface area contributed by atoms with E-state index in [2.05, 4.69) is 0 Å². The minimum atomic E-state index is -1.18. The van der Waals surface area contributed by atoms with Gasteiger partial charge < -0.3 is 24.4 Å². The molecule has 0 bridgehead atoms. The van der Waals surface area contributed by atoms with Crippen molar-refractivity contribution in [2.24, 2.45) is 5.73 Å². The Morgan fingerprint density at radius 1 is 1.25 bits per heavy atom. The van der Waals surface area contributed by atoms with Gasteiger partial charge in [0.15, 0.2) is 11.5 Å². The number of hydrogen-bond donors (Lipinski definition) is 1. The molecule has 144 valence electrons. The number of nitrogens with zero attached hydrogens (tertiary/aromatic N) is 2. The summed E-state index contributed by atoms with van der Waals surface area (Å²) in [6.07, 6.45) is 0. The summed E-state index contributed by atoms with van der Waals surface area (Å²) in [6.45, 7) is 1.54. The van der Waals surface area contributed by atoms with Crippen LogP contribution in [0.1, 0.15) is 22.8 Å². The number of rotatable bonds is 4. The third-order valence-electron chi connectivity index (χ3n) is 4.30. The van der Waals surface area contributed by atoms with Crippen molar-refractivity contribution < 1.29 is 23.6 Å². The molecular formula is C18H15N3O7. The molecule has 1 unspecified atom stereocenters. The van der Waals surface area contributed by atoms with Gasteiger partial charge in [-0.25, -0.2) is 4.79 Å². The van der Waals surface area contributed by atoms with Gasteiger partial charge in [-0.05, 0) is 13.0 Å². The lowest BCUT2D eigenvalue weighted by Crippen LogP contribution is -2.26. The molecule has 3 rings (SSSR count). The van der Waals surface area contributed by atoms with E-state index in [0.29, 0.717) is 0 Å². The highest BCUT2D eigenvalue weighted by atomic mass is 16.6. The van der Waals surface area contributed by atoms with Crippen molar-refractivity contribution in [1.82, 2.24) is 0 Å². The highest BCUT2D eigenvalue weighted by Crippen LogP contribution is 2.46. The SMILES string of the molecule is COc1cc(C2C(C#N)=C(N)Oc3cc(C)oc(=O)c32)c([N+](=O)[O-])cc1OC. The van der Waals surface area contributed by atoms with Crippen molar-refractivity contribution >= 4 is 5.69 Å². The zero-order valence-electron chi connectivity index (χ0n) is 15.1. The molecule has 2 aromatic rings. The maximum atomic E-state index is 12.6. The van der Waals surface area contributed by atoms with Gasteiger partial charge in [-0.3, -0.25) is 10.1 Å². The van der Waals surface area contributed by atoms with Crippen molar-refractivity contribution in [3.8, 4) is 23.3 Å². The number of ether oxygens (including phenoxy) is 3. The number of nitriles is 1. The molecule has 0 radical (unpaired) electrons. The van der Waals surface area contributed by atoms with Gasteiger partial charge in [-0.1, -0.05) is 0 Å². The van der Waals surface area contributed by atoms with Crippen molar-refractivity contribution in [3.63, 3.8) is 0 Å². The lowest BCUT2D eigenvalue weighted by molar-refractivity contribution is -0.385. The van der Waals surface area contributed by atoms with Gasteiger partial charge in [0.2, 0.25) is 5.88 Å². The molecule has 0 saturated heterocycles. The zero-order valence-corrected chi connectivity index (χ0v) is 15.1. The predicted molar refractivity (Wildman–Crippen MR) is 95.2 cm³/mol. The van der Waals surface area contributed by atoms with E-state index in [4.69, 9.17) is 24.4 Å². The molecule has 1 atom stereocenters. The van der Waals surface area contributed by atoms with Crippen LogP contribution >= 0.6 is 0 Å². The highest BCUT2D eigenvalue weighted by molar-refractivity contribution is 5.63. The van der Waals surface area contributed by atoms with Crippen LogP contribution in [-0.4, -0.2) is 19.1 Å². The van der Waals surface area contributed by atoms with Crippen molar-refractivity contribution in [2.45, 2.75) is 12.8 Å². The van der Waals surface area contributed by atoms with Crippen molar-refractivity contribution in [2.75, 3.05) is 14.2 Å². The molecule has 0 saturated carbocycles. The molecule has 1 aliphatic rings. The molecule has 1 aromatic carbocycles. The van der Waals surface area contributed by atoms with E-state index >= 15 is 0 Å². The zero-order chi connectivity index (χ0) is 20.6. The molecule has 28 heavy (non-hydrogen) atoms.